The van der Waals surface area contributed by atoms with Gasteiger partial charge in [0.1, 0.15) is 0 Å². The van der Waals surface area contributed by atoms with Gasteiger partial charge in [-0.25, -0.2) is 0 Å². The van der Waals surface area contributed by atoms with E-state index in [4.69, 9.17) is 9.84 Å². The molecular weight excluding hydrogens is 254 g/mol. The maximum Gasteiger partial charge on any atom is 0.306 e. The van der Waals surface area contributed by atoms with Crippen LogP contribution in [0, 0.1) is 5.92 Å². The Morgan fingerprint density at radius 1 is 1.40 bits per heavy atom. The minimum atomic E-state index is -0.679. The Kier molecular flexibility index (Phi) is 5.44. The van der Waals surface area contributed by atoms with Gasteiger partial charge in [-0.15, -0.1) is 0 Å². The van der Waals surface area contributed by atoms with Crippen LogP contribution in [0.3, 0.4) is 0 Å². The Morgan fingerprint density at radius 3 is 2.75 bits per heavy atom. The number of carbonyl (C=O) groups is 1. The van der Waals surface area contributed by atoms with Gasteiger partial charge in [0.15, 0.2) is 0 Å². The molecule has 0 radical (unpaired) electrons. The number of nitrogens with one attached hydrogen (secondary N) is 1. The summed E-state index contributed by atoms with van der Waals surface area (Å²) in [5.74, 6) is -0.898. The Bertz CT molecular complexity index is 328. The number of hydrogen-bond acceptors (Lipinski definition) is 3. The van der Waals surface area contributed by atoms with Crippen molar-refractivity contribution in [1.29, 1.82) is 0 Å². The predicted octanol–water partition coefficient (Wildman–Crippen LogP) is 2.96. The van der Waals surface area contributed by atoms with Crippen LogP contribution >= 0.6 is 0 Å². The van der Waals surface area contributed by atoms with Crippen LogP contribution in [0.4, 0.5) is 0 Å². The molecule has 0 amide bonds. The topological polar surface area (TPSA) is 58.6 Å². The largest absolute Gasteiger partial charge is 0.481 e. The lowest BCUT2D eigenvalue weighted by Crippen LogP contribution is -2.52. The van der Waals surface area contributed by atoms with Gasteiger partial charge >= 0.3 is 5.97 Å². The minimum Gasteiger partial charge on any atom is -0.481 e. The molecule has 1 spiro atoms. The molecule has 3 unspecified atom stereocenters. The normalized spacial score (nSPS) is 27.8. The lowest BCUT2D eigenvalue weighted by atomic mass is 9.74. The Labute approximate surface area is 122 Å². The van der Waals surface area contributed by atoms with Crippen LogP contribution in [0.1, 0.15) is 65.2 Å². The summed E-state index contributed by atoms with van der Waals surface area (Å²) in [6.07, 6.45) is 8.86. The van der Waals surface area contributed by atoms with Crippen molar-refractivity contribution in [3.05, 3.63) is 0 Å². The zero-order valence-electron chi connectivity index (χ0n) is 12.9. The van der Waals surface area contributed by atoms with E-state index in [2.05, 4.69) is 12.2 Å². The summed E-state index contributed by atoms with van der Waals surface area (Å²) in [4.78, 5) is 10.8. The summed E-state index contributed by atoms with van der Waals surface area (Å²) < 4.78 is 5.95. The van der Waals surface area contributed by atoms with Crippen LogP contribution < -0.4 is 5.32 Å². The van der Waals surface area contributed by atoms with Crippen LogP contribution in [0.2, 0.25) is 0 Å². The van der Waals surface area contributed by atoms with E-state index in [1.165, 1.54) is 19.3 Å². The molecule has 2 N–H and O–H groups in total. The maximum atomic E-state index is 10.8. The molecule has 2 fully saturated rings. The van der Waals surface area contributed by atoms with Crippen LogP contribution in [0.5, 0.6) is 0 Å². The van der Waals surface area contributed by atoms with Gasteiger partial charge in [-0.1, -0.05) is 13.3 Å². The second-order valence-electron chi connectivity index (χ2n) is 6.81. The highest BCUT2D eigenvalue weighted by Crippen LogP contribution is 2.42. The number of hydrogen-bond donors (Lipinski definition) is 2. The van der Waals surface area contributed by atoms with Crippen molar-refractivity contribution in [1.82, 2.24) is 5.32 Å². The second kappa shape index (κ2) is 6.90. The molecule has 1 aliphatic carbocycles. The van der Waals surface area contributed by atoms with Gasteiger partial charge in [0.05, 0.1) is 11.5 Å². The lowest BCUT2D eigenvalue weighted by Gasteiger charge is -2.47. The highest BCUT2D eigenvalue weighted by atomic mass is 16.5. The molecule has 1 heterocycles. The fraction of sp³-hybridized carbons (Fsp3) is 0.938. The van der Waals surface area contributed by atoms with E-state index < -0.39 is 5.97 Å². The van der Waals surface area contributed by atoms with Gasteiger partial charge in [-0.05, 0) is 51.9 Å². The Balaban J connectivity index is 1.64. The maximum absolute atomic E-state index is 10.8. The predicted molar refractivity (Wildman–Crippen MR) is 78.8 cm³/mol. The molecular formula is C16H29NO3. The molecule has 1 aliphatic heterocycles. The molecule has 2 rings (SSSR count). The molecule has 4 nitrogen and oxygen atoms in total. The molecule has 1 saturated carbocycles. The zero-order chi connectivity index (χ0) is 14.6. The van der Waals surface area contributed by atoms with Gasteiger partial charge in [0, 0.05) is 18.7 Å². The summed E-state index contributed by atoms with van der Waals surface area (Å²) in [6, 6.07) is 1.05. The Hall–Kier alpha value is -0.610. The highest BCUT2D eigenvalue weighted by Gasteiger charge is 2.42. The molecule has 3 atom stereocenters. The SMILES string of the molecule is CC(CCCC(C)C(=O)O)NC1CCOC2(CCC2)C1. The van der Waals surface area contributed by atoms with E-state index in [0.717, 1.165) is 38.7 Å². The van der Waals surface area contributed by atoms with Crippen LogP contribution in [-0.4, -0.2) is 35.4 Å². The second-order valence-corrected chi connectivity index (χ2v) is 6.81. The van der Waals surface area contributed by atoms with Crippen LogP contribution in [0.25, 0.3) is 0 Å². The number of carboxylic acids is 1. The third-order valence-electron chi connectivity index (χ3n) is 4.97. The van der Waals surface area contributed by atoms with E-state index in [0.29, 0.717) is 12.1 Å². The molecule has 0 aromatic heterocycles. The summed E-state index contributed by atoms with van der Waals surface area (Å²) in [6.45, 7) is 4.90. The number of carboxylic acid groups (broad SMARTS) is 1. The average molecular weight is 283 g/mol. The summed E-state index contributed by atoms with van der Waals surface area (Å²) in [7, 11) is 0. The van der Waals surface area contributed by atoms with Crippen molar-refractivity contribution in [3.8, 4) is 0 Å². The Morgan fingerprint density at radius 2 is 2.15 bits per heavy atom. The monoisotopic (exact) mass is 283 g/mol. The summed E-state index contributed by atoms with van der Waals surface area (Å²) in [5, 5.41) is 12.6. The van der Waals surface area contributed by atoms with E-state index in [-0.39, 0.29) is 11.5 Å². The van der Waals surface area contributed by atoms with E-state index in [1.54, 1.807) is 6.92 Å². The average Bonchev–Trinajstić information content (AvgIpc) is 2.37. The third kappa shape index (κ3) is 4.19. The van der Waals surface area contributed by atoms with E-state index in [1.807, 2.05) is 0 Å². The summed E-state index contributed by atoms with van der Waals surface area (Å²) >= 11 is 0. The van der Waals surface area contributed by atoms with Gasteiger partial charge in [-0.3, -0.25) is 4.79 Å². The van der Waals surface area contributed by atoms with Crippen LogP contribution in [0.15, 0.2) is 0 Å². The van der Waals surface area contributed by atoms with E-state index in [9.17, 15) is 4.79 Å². The van der Waals surface area contributed by atoms with Crippen molar-refractivity contribution < 1.29 is 14.6 Å². The molecule has 0 aromatic carbocycles. The first kappa shape index (κ1) is 15.8. The first-order valence-electron chi connectivity index (χ1n) is 8.13. The van der Waals surface area contributed by atoms with Crippen molar-refractivity contribution in [2.75, 3.05) is 6.61 Å². The molecule has 0 bridgehead atoms. The minimum absolute atomic E-state index is 0.202. The first-order chi connectivity index (χ1) is 9.51. The smallest absolute Gasteiger partial charge is 0.306 e. The standard InChI is InChI=1S/C16H29NO3/c1-12(15(18)19)5-3-6-13(2)17-14-7-10-20-16(11-14)8-4-9-16/h12-14,17H,3-11H2,1-2H3,(H,18,19). The van der Waals surface area contributed by atoms with Gasteiger partial charge < -0.3 is 15.2 Å². The van der Waals surface area contributed by atoms with Crippen molar-refractivity contribution in [2.45, 2.75) is 82.9 Å². The quantitative estimate of drug-likeness (QED) is 0.754. The third-order valence-corrected chi connectivity index (χ3v) is 4.97. The van der Waals surface area contributed by atoms with Gasteiger partial charge in [0.2, 0.25) is 0 Å². The lowest BCUT2D eigenvalue weighted by molar-refractivity contribution is -0.141. The molecule has 1 saturated heterocycles. The number of ether oxygens (including phenoxy) is 1. The van der Waals surface area contributed by atoms with Gasteiger partial charge in [-0.2, -0.15) is 0 Å². The highest BCUT2D eigenvalue weighted by molar-refractivity contribution is 5.69. The van der Waals surface area contributed by atoms with Crippen molar-refractivity contribution in [2.24, 2.45) is 5.92 Å². The van der Waals surface area contributed by atoms with Crippen molar-refractivity contribution in [3.63, 3.8) is 0 Å². The number of rotatable bonds is 7. The molecule has 4 heteroatoms. The molecule has 20 heavy (non-hydrogen) atoms. The van der Waals surface area contributed by atoms with Crippen LogP contribution in [-0.2, 0) is 9.53 Å². The summed E-state index contributed by atoms with van der Waals surface area (Å²) in [5.41, 5.74) is 0.202. The number of aliphatic carboxylic acids is 1. The van der Waals surface area contributed by atoms with E-state index >= 15 is 0 Å². The van der Waals surface area contributed by atoms with Crippen molar-refractivity contribution >= 4 is 5.97 Å². The molecule has 0 aromatic rings. The first-order valence-corrected chi connectivity index (χ1v) is 8.13. The molecule has 116 valence electrons. The fourth-order valence-electron chi connectivity index (χ4n) is 3.43. The zero-order valence-corrected chi connectivity index (χ0v) is 12.9. The van der Waals surface area contributed by atoms with Gasteiger partial charge in [0.25, 0.3) is 0 Å². The fourth-order valence-corrected chi connectivity index (χ4v) is 3.43. The molecule has 2 aliphatic rings.